The van der Waals surface area contributed by atoms with Crippen molar-refractivity contribution in [1.29, 1.82) is 0 Å². The van der Waals surface area contributed by atoms with Gasteiger partial charge in [-0.1, -0.05) is 32.4 Å². The number of thiazole rings is 1. The molecule has 1 amide bonds. The van der Waals surface area contributed by atoms with E-state index in [2.05, 4.69) is 15.0 Å². The van der Waals surface area contributed by atoms with Crippen molar-refractivity contribution in [3.63, 3.8) is 0 Å². The molecule has 7 nitrogen and oxygen atoms in total. The largest absolute Gasteiger partial charge is 0.320 e. The predicted octanol–water partition coefficient (Wildman–Crippen LogP) is 2.92. The van der Waals surface area contributed by atoms with Crippen LogP contribution in [0.2, 0.25) is 0 Å². The Bertz CT molecular complexity index is 837. The highest BCUT2D eigenvalue weighted by Crippen LogP contribution is 2.26. The third-order valence-electron chi connectivity index (χ3n) is 3.78. The van der Waals surface area contributed by atoms with Crippen LogP contribution in [0, 0.1) is 5.92 Å². The summed E-state index contributed by atoms with van der Waals surface area (Å²) in [5.74, 6) is -0.155. The van der Waals surface area contributed by atoms with Gasteiger partial charge in [-0.25, -0.2) is 13.4 Å². The normalized spacial score (nSPS) is 13.4. The summed E-state index contributed by atoms with van der Waals surface area (Å²) >= 11 is 1.31. The molecule has 0 aliphatic heterocycles. The lowest BCUT2D eigenvalue weighted by Crippen LogP contribution is -2.40. The molecule has 1 aromatic carbocycles. The van der Waals surface area contributed by atoms with Crippen LogP contribution >= 0.6 is 23.7 Å². The first-order valence-electron chi connectivity index (χ1n) is 7.79. The number of hydrogen-bond acceptors (Lipinski definition) is 6. The van der Waals surface area contributed by atoms with Crippen LogP contribution in [0.4, 0.5) is 10.8 Å². The van der Waals surface area contributed by atoms with Gasteiger partial charge in [-0.3, -0.25) is 9.52 Å². The second kappa shape index (κ2) is 9.31. The van der Waals surface area contributed by atoms with E-state index in [4.69, 9.17) is 5.73 Å². The van der Waals surface area contributed by atoms with Crippen LogP contribution in [-0.2, 0) is 14.8 Å². The summed E-state index contributed by atoms with van der Waals surface area (Å²) in [7, 11) is -3.30. The molecule has 10 heteroatoms. The van der Waals surface area contributed by atoms with Crippen LogP contribution in [0.1, 0.15) is 20.3 Å². The minimum Gasteiger partial charge on any atom is -0.320 e. The van der Waals surface area contributed by atoms with Gasteiger partial charge < -0.3 is 11.1 Å². The van der Waals surface area contributed by atoms with Gasteiger partial charge in [-0.15, -0.1) is 23.7 Å². The highest BCUT2D eigenvalue weighted by atomic mass is 35.5. The molecule has 144 valence electrons. The molecule has 0 aliphatic rings. The van der Waals surface area contributed by atoms with E-state index in [1.165, 1.54) is 11.3 Å². The lowest BCUT2D eigenvalue weighted by atomic mass is 10.00. The van der Waals surface area contributed by atoms with Gasteiger partial charge in [-0.05, 0) is 18.1 Å². The average molecular weight is 419 g/mol. The molecule has 2 atom stereocenters. The zero-order valence-corrected chi connectivity index (χ0v) is 17.2. The maximum Gasteiger partial charge on any atom is 0.243 e. The maximum absolute atomic E-state index is 12.1. The topological polar surface area (TPSA) is 114 Å². The number of nitrogens with zero attached hydrogens (tertiary/aromatic N) is 1. The summed E-state index contributed by atoms with van der Waals surface area (Å²) in [6.45, 7) is 3.92. The lowest BCUT2D eigenvalue weighted by Gasteiger charge is -2.16. The molecule has 0 saturated heterocycles. The molecular formula is C16H23ClN4O3S2. The minimum absolute atomic E-state index is 0. The van der Waals surface area contributed by atoms with Crippen molar-refractivity contribution in [2.75, 3.05) is 16.3 Å². The van der Waals surface area contributed by atoms with Gasteiger partial charge in [0.2, 0.25) is 15.9 Å². The lowest BCUT2D eigenvalue weighted by molar-refractivity contribution is -0.118. The molecule has 2 aromatic rings. The van der Waals surface area contributed by atoms with E-state index >= 15 is 0 Å². The maximum atomic E-state index is 12.1. The van der Waals surface area contributed by atoms with E-state index in [0.717, 1.165) is 18.2 Å². The van der Waals surface area contributed by atoms with Crippen molar-refractivity contribution in [3.8, 4) is 11.3 Å². The number of sulfonamides is 1. The Hall–Kier alpha value is -1.68. The van der Waals surface area contributed by atoms with Crippen LogP contribution in [-0.4, -0.2) is 31.6 Å². The second-order valence-corrected chi connectivity index (χ2v) is 8.50. The molecule has 0 spiro atoms. The molecule has 0 radical (unpaired) electrons. The molecule has 2 unspecified atom stereocenters. The first-order valence-corrected chi connectivity index (χ1v) is 10.6. The Labute approximate surface area is 163 Å². The van der Waals surface area contributed by atoms with Gasteiger partial charge in [0, 0.05) is 16.6 Å². The minimum atomic E-state index is -3.30. The third kappa shape index (κ3) is 6.24. The number of nitrogens with two attached hydrogens (primary N) is 1. The molecule has 0 bridgehead atoms. The Morgan fingerprint density at radius 3 is 2.46 bits per heavy atom. The number of hydrogen-bond donors (Lipinski definition) is 3. The molecule has 0 saturated carbocycles. The summed E-state index contributed by atoms with van der Waals surface area (Å²) in [5, 5.41) is 5.05. The number of benzene rings is 1. The number of amides is 1. The van der Waals surface area contributed by atoms with Crippen molar-refractivity contribution in [2.45, 2.75) is 26.3 Å². The molecule has 1 aromatic heterocycles. The summed E-state index contributed by atoms with van der Waals surface area (Å²) in [5.41, 5.74) is 7.91. The SMILES string of the molecule is CCC(C)C(N)C(=O)Nc1nc(-c2ccc(NS(C)(=O)=O)cc2)cs1.Cl. The van der Waals surface area contributed by atoms with Crippen LogP contribution in [0.5, 0.6) is 0 Å². The monoisotopic (exact) mass is 418 g/mol. The van der Waals surface area contributed by atoms with Gasteiger partial charge >= 0.3 is 0 Å². The van der Waals surface area contributed by atoms with E-state index in [1.54, 1.807) is 24.3 Å². The Balaban J connectivity index is 0.00000338. The quantitative estimate of drug-likeness (QED) is 0.639. The van der Waals surface area contributed by atoms with Gasteiger partial charge in [0.05, 0.1) is 18.0 Å². The smallest absolute Gasteiger partial charge is 0.243 e. The zero-order chi connectivity index (χ0) is 18.6. The fourth-order valence-electron chi connectivity index (χ4n) is 2.09. The summed E-state index contributed by atoms with van der Waals surface area (Å²) in [4.78, 5) is 16.5. The van der Waals surface area contributed by atoms with E-state index < -0.39 is 16.1 Å². The fraction of sp³-hybridized carbons (Fsp3) is 0.375. The van der Waals surface area contributed by atoms with Gasteiger partial charge in [0.1, 0.15) is 0 Å². The zero-order valence-electron chi connectivity index (χ0n) is 14.7. The number of nitrogens with one attached hydrogen (secondary N) is 2. The van der Waals surface area contributed by atoms with Crippen molar-refractivity contribution in [3.05, 3.63) is 29.6 Å². The third-order valence-corrected chi connectivity index (χ3v) is 5.14. The predicted molar refractivity (Wildman–Crippen MR) is 109 cm³/mol. The van der Waals surface area contributed by atoms with Crippen LogP contribution in [0.25, 0.3) is 11.3 Å². The molecular weight excluding hydrogens is 396 g/mol. The summed E-state index contributed by atoms with van der Waals surface area (Å²) in [6, 6.07) is 6.27. The van der Waals surface area contributed by atoms with Crippen molar-refractivity contribution >= 4 is 50.5 Å². The number of anilines is 2. The standard InChI is InChI=1S/C16H22N4O3S2.ClH/c1-4-10(2)14(17)15(21)19-16-18-13(9-24-16)11-5-7-12(8-6-11)20-25(3,22)23;/h5-10,14,20H,4,17H2,1-3H3,(H,18,19,21);1H. The van der Waals surface area contributed by atoms with Crippen LogP contribution in [0.15, 0.2) is 29.6 Å². The average Bonchev–Trinajstić information content (AvgIpc) is 3.01. The van der Waals surface area contributed by atoms with Gasteiger partial charge in [0.25, 0.3) is 0 Å². The van der Waals surface area contributed by atoms with Crippen molar-refractivity contribution < 1.29 is 13.2 Å². The number of halogens is 1. The van der Waals surface area contributed by atoms with Crippen molar-refractivity contribution in [1.82, 2.24) is 4.98 Å². The molecule has 1 heterocycles. The Kier molecular flexibility index (Phi) is 8.01. The Morgan fingerprint density at radius 1 is 1.31 bits per heavy atom. The van der Waals surface area contributed by atoms with E-state index in [9.17, 15) is 13.2 Å². The summed E-state index contributed by atoms with van der Waals surface area (Å²) in [6.07, 6.45) is 1.92. The second-order valence-electron chi connectivity index (χ2n) is 5.89. The van der Waals surface area contributed by atoms with E-state index in [1.807, 2.05) is 19.2 Å². The number of carbonyl (C=O) groups excluding carboxylic acids is 1. The van der Waals surface area contributed by atoms with Crippen LogP contribution < -0.4 is 15.8 Å². The molecule has 0 fully saturated rings. The molecule has 0 aliphatic carbocycles. The highest BCUT2D eigenvalue weighted by Gasteiger charge is 2.20. The Morgan fingerprint density at radius 2 is 1.92 bits per heavy atom. The molecule has 2 rings (SSSR count). The number of carbonyl (C=O) groups is 1. The van der Waals surface area contributed by atoms with E-state index in [0.29, 0.717) is 16.5 Å². The summed E-state index contributed by atoms with van der Waals surface area (Å²) < 4.78 is 24.8. The molecule has 4 N–H and O–H groups in total. The van der Waals surface area contributed by atoms with Crippen LogP contribution in [0.3, 0.4) is 0 Å². The van der Waals surface area contributed by atoms with Gasteiger partial charge in [-0.2, -0.15) is 0 Å². The molecule has 26 heavy (non-hydrogen) atoms. The highest BCUT2D eigenvalue weighted by molar-refractivity contribution is 7.92. The first kappa shape index (κ1) is 22.4. The van der Waals surface area contributed by atoms with E-state index in [-0.39, 0.29) is 24.2 Å². The first-order chi connectivity index (χ1) is 11.7. The van der Waals surface area contributed by atoms with Crippen molar-refractivity contribution in [2.24, 2.45) is 11.7 Å². The van der Waals surface area contributed by atoms with Gasteiger partial charge in [0.15, 0.2) is 5.13 Å². The number of rotatable bonds is 7. The fourth-order valence-corrected chi connectivity index (χ4v) is 3.37. The number of aromatic nitrogens is 1.